The third-order valence-electron chi connectivity index (χ3n) is 3.91. The third kappa shape index (κ3) is 3.91. The number of benzene rings is 2. The van der Waals surface area contributed by atoms with Crippen LogP contribution in [0, 0.1) is 11.7 Å². The van der Waals surface area contributed by atoms with Crippen LogP contribution < -0.4 is 10.0 Å². The van der Waals surface area contributed by atoms with E-state index in [1.54, 1.807) is 36.4 Å². The summed E-state index contributed by atoms with van der Waals surface area (Å²) in [6.45, 7) is 0. The predicted octanol–water partition coefficient (Wildman–Crippen LogP) is 2.94. The van der Waals surface area contributed by atoms with Gasteiger partial charge in [0.2, 0.25) is 15.9 Å². The van der Waals surface area contributed by atoms with Crippen LogP contribution in [-0.2, 0) is 14.8 Å². The monoisotopic (exact) mass is 348 g/mol. The second kappa shape index (κ2) is 6.24. The summed E-state index contributed by atoms with van der Waals surface area (Å²) in [6, 6.07) is 12.8. The zero-order valence-corrected chi connectivity index (χ0v) is 13.8. The highest BCUT2D eigenvalue weighted by Crippen LogP contribution is 2.48. The molecule has 5 nitrogen and oxygen atoms in total. The molecule has 1 aliphatic rings. The van der Waals surface area contributed by atoms with Crippen LogP contribution in [0.1, 0.15) is 17.9 Å². The molecule has 0 radical (unpaired) electrons. The maximum Gasteiger partial charge on any atom is 0.229 e. The normalized spacial score (nSPS) is 19.6. The molecule has 126 valence electrons. The first kappa shape index (κ1) is 16.4. The van der Waals surface area contributed by atoms with Crippen LogP contribution in [0.25, 0.3) is 0 Å². The Morgan fingerprint density at radius 3 is 2.33 bits per heavy atom. The highest BCUT2D eigenvalue weighted by atomic mass is 32.2. The first-order chi connectivity index (χ1) is 11.3. The summed E-state index contributed by atoms with van der Waals surface area (Å²) in [5.74, 6) is -0.601. The Morgan fingerprint density at radius 2 is 1.71 bits per heavy atom. The van der Waals surface area contributed by atoms with Crippen molar-refractivity contribution in [2.24, 2.45) is 5.92 Å². The molecule has 0 aliphatic heterocycles. The zero-order valence-electron chi connectivity index (χ0n) is 13.0. The van der Waals surface area contributed by atoms with E-state index in [0.29, 0.717) is 17.8 Å². The molecule has 7 heteroatoms. The van der Waals surface area contributed by atoms with Crippen LogP contribution in [0.4, 0.5) is 15.8 Å². The fourth-order valence-corrected chi connectivity index (χ4v) is 3.25. The van der Waals surface area contributed by atoms with Crippen molar-refractivity contribution in [2.45, 2.75) is 12.3 Å². The number of sulfonamides is 1. The van der Waals surface area contributed by atoms with E-state index in [4.69, 9.17) is 0 Å². The fourth-order valence-electron chi connectivity index (χ4n) is 2.67. The predicted molar refractivity (Wildman–Crippen MR) is 90.8 cm³/mol. The number of carbonyl (C=O) groups excluding carboxylic acids is 1. The maximum absolute atomic E-state index is 13.0. The largest absolute Gasteiger partial charge is 0.324 e. The minimum atomic E-state index is -3.43. The molecule has 2 N–H and O–H groups in total. The van der Waals surface area contributed by atoms with Crippen molar-refractivity contribution >= 4 is 27.3 Å². The fraction of sp³-hybridized carbons (Fsp3) is 0.235. The summed E-state index contributed by atoms with van der Waals surface area (Å²) in [4.78, 5) is 12.4. The van der Waals surface area contributed by atoms with Crippen LogP contribution in [0.15, 0.2) is 48.5 Å². The van der Waals surface area contributed by atoms with Crippen LogP contribution in [0.5, 0.6) is 0 Å². The van der Waals surface area contributed by atoms with Crippen LogP contribution >= 0.6 is 0 Å². The summed E-state index contributed by atoms with van der Waals surface area (Å²) in [5, 5.41) is 2.77. The van der Waals surface area contributed by atoms with Gasteiger partial charge in [-0.3, -0.25) is 9.52 Å². The molecule has 3 rings (SSSR count). The van der Waals surface area contributed by atoms with Gasteiger partial charge in [-0.2, -0.15) is 0 Å². The molecule has 0 aromatic heterocycles. The quantitative estimate of drug-likeness (QED) is 0.872. The van der Waals surface area contributed by atoms with E-state index in [2.05, 4.69) is 10.0 Å². The van der Waals surface area contributed by atoms with E-state index in [9.17, 15) is 17.6 Å². The zero-order chi connectivity index (χ0) is 17.3. The summed E-state index contributed by atoms with van der Waals surface area (Å²) in [7, 11) is -3.43. The van der Waals surface area contributed by atoms with Crippen molar-refractivity contribution in [2.75, 3.05) is 16.3 Å². The van der Waals surface area contributed by atoms with Crippen molar-refractivity contribution < 1.29 is 17.6 Å². The summed E-state index contributed by atoms with van der Waals surface area (Å²) < 4.78 is 38.1. The second-order valence-electron chi connectivity index (χ2n) is 5.91. The smallest absolute Gasteiger partial charge is 0.229 e. The molecular weight excluding hydrogens is 331 g/mol. The lowest BCUT2D eigenvalue weighted by molar-refractivity contribution is -0.117. The van der Waals surface area contributed by atoms with Gasteiger partial charge in [0.05, 0.1) is 17.6 Å². The molecule has 2 aromatic carbocycles. The van der Waals surface area contributed by atoms with Gasteiger partial charge in [-0.15, -0.1) is 0 Å². The van der Waals surface area contributed by atoms with Crippen molar-refractivity contribution in [3.8, 4) is 0 Å². The van der Waals surface area contributed by atoms with Gasteiger partial charge in [0.1, 0.15) is 5.82 Å². The number of rotatable bonds is 5. The van der Waals surface area contributed by atoms with Crippen molar-refractivity contribution in [3.05, 3.63) is 59.9 Å². The van der Waals surface area contributed by atoms with Gasteiger partial charge in [0.25, 0.3) is 0 Å². The molecule has 1 fully saturated rings. The van der Waals surface area contributed by atoms with E-state index in [1.807, 2.05) is 0 Å². The Bertz CT molecular complexity index is 866. The van der Waals surface area contributed by atoms with Crippen molar-refractivity contribution in [1.82, 2.24) is 0 Å². The molecule has 0 bridgehead atoms. The lowest BCUT2D eigenvalue weighted by Gasteiger charge is -2.11. The molecule has 2 atom stereocenters. The number of nitrogens with one attached hydrogen (secondary N) is 2. The lowest BCUT2D eigenvalue weighted by atomic mass is 10.1. The summed E-state index contributed by atoms with van der Waals surface area (Å²) >= 11 is 0. The number of halogens is 1. The minimum absolute atomic E-state index is 0.0700. The Morgan fingerprint density at radius 1 is 1.08 bits per heavy atom. The lowest BCUT2D eigenvalue weighted by Crippen LogP contribution is -2.17. The Balaban J connectivity index is 1.69. The van der Waals surface area contributed by atoms with E-state index >= 15 is 0 Å². The first-order valence-electron chi connectivity index (χ1n) is 7.46. The Kier molecular flexibility index (Phi) is 4.28. The van der Waals surface area contributed by atoms with E-state index in [0.717, 1.165) is 11.8 Å². The highest BCUT2D eigenvalue weighted by molar-refractivity contribution is 7.92. The molecular formula is C17H17FN2O3S. The van der Waals surface area contributed by atoms with Gasteiger partial charge in [0, 0.05) is 5.92 Å². The van der Waals surface area contributed by atoms with Crippen LogP contribution in [0.3, 0.4) is 0 Å². The molecule has 1 amide bonds. The van der Waals surface area contributed by atoms with Gasteiger partial charge in [0.15, 0.2) is 0 Å². The minimum Gasteiger partial charge on any atom is -0.324 e. The number of anilines is 2. The van der Waals surface area contributed by atoms with Gasteiger partial charge in [-0.1, -0.05) is 24.3 Å². The number of amides is 1. The summed E-state index contributed by atoms with van der Waals surface area (Å²) in [6.07, 6.45) is 1.75. The molecule has 0 spiro atoms. The molecule has 2 aromatic rings. The third-order valence-corrected chi connectivity index (χ3v) is 4.50. The average Bonchev–Trinajstić information content (AvgIpc) is 3.29. The number of para-hydroxylation sites is 2. The Labute approximate surface area is 139 Å². The van der Waals surface area contributed by atoms with Crippen molar-refractivity contribution in [3.63, 3.8) is 0 Å². The topological polar surface area (TPSA) is 75.3 Å². The number of carbonyl (C=O) groups is 1. The Hall–Kier alpha value is -2.41. The maximum atomic E-state index is 13.0. The van der Waals surface area contributed by atoms with Crippen LogP contribution in [-0.4, -0.2) is 20.6 Å². The van der Waals surface area contributed by atoms with Gasteiger partial charge in [-0.25, -0.2) is 12.8 Å². The molecule has 0 heterocycles. The number of hydrogen-bond acceptors (Lipinski definition) is 3. The first-order valence-corrected chi connectivity index (χ1v) is 9.36. The molecule has 2 unspecified atom stereocenters. The molecule has 24 heavy (non-hydrogen) atoms. The average molecular weight is 348 g/mol. The molecule has 0 saturated heterocycles. The number of hydrogen-bond donors (Lipinski definition) is 2. The molecule has 1 aliphatic carbocycles. The van der Waals surface area contributed by atoms with Gasteiger partial charge < -0.3 is 5.32 Å². The van der Waals surface area contributed by atoms with Gasteiger partial charge in [-0.05, 0) is 42.2 Å². The summed E-state index contributed by atoms with van der Waals surface area (Å²) in [5.41, 5.74) is 1.67. The molecule has 1 saturated carbocycles. The van der Waals surface area contributed by atoms with E-state index in [1.165, 1.54) is 12.1 Å². The second-order valence-corrected chi connectivity index (χ2v) is 7.66. The van der Waals surface area contributed by atoms with E-state index in [-0.39, 0.29) is 23.6 Å². The van der Waals surface area contributed by atoms with Gasteiger partial charge >= 0.3 is 0 Å². The standard InChI is InChI=1S/C17H17FN2O3S/c1-24(22,23)20-16-5-3-2-4-15(16)19-17(21)14-10-13(14)11-6-8-12(18)9-7-11/h2-9,13-14,20H,10H2,1H3,(H,19,21). The highest BCUT2D eigenvalue weighted by Gasteiger charge is 2.44. The van der Waals surface area contributed by atoms with E-state index < -0.39 is 10.0 Å². The van der Waals surface area contributed by atoms with Crippen molar-refractivity contribution in [1.29, 1.82) is 0 Å². The SMILES string of the molecule is CS(=O)(=O)Nc1ccccc1NC(=O)C1CC1c1ccc(F)cc1. The van der Waals surface area contributed by atoms with Crippen LogP contribution in [0.2, 0.25) is 0 Å².